The smallest absolute Gasteiger partial charge is 0.170 e. The Kier molecular flexibility index (Phi) is 2.85. The molecule has 2 rings (SSSR count). The Balaban J connectivity index is 2.20. The van der Waals surface area contributed by atoms with Gasteiger partial charge in [-0.1, -0.05) is 26.2 Å². The number of carbonyl (C=O) groups excluding carboxylic acids is 1. The lowest BCUT2D eigenvalue weighted by molar-refractivity contribution is 0.0749. The Hall–Kier alpha value is -1.18. The molecule has 80 valence electrons. The molecule has 1 saturated carbocycles. The van der Waals surface area contributed by atoms with Gasteiger partial charge in [0.15, 0.2) is 5.78 Å². The molecule has 1 aromatic heterocycles. The van der Waals surface area contributed by atoms with Crippen molar-refractivity contribution in [3.63, 3.8) is 0 Å². The van der Waals surface area contributed by atoms with Crippen LogP contribution in [0.25, 0.3) is 0 Å². The van der Waals surface area contributed by atoms with Crippen molar-refractivity contribution in [3.8, 4) is 0 Å². The number of Topliss-reactive ketones (excluding diaryl/α,β-unsaturated/α-hetero) is 1. The molecular weight excluding hydrogens is 186 g/mol. The molecule has 0 atom stereocenters. The molecule has 1 fully saturated rings. The number of hydrogen-bond donors (Lipinski definition) is 0. The fraction of sp³-hybridized carbons (Fsp3) is 0.538. The molecule has 0 radical (unpaired) electrons. The SMILES string of the molecule is CC1(C(=O)c2cccnc2)CCCCC1. The van der Waals surface area contributed by atoms with Crippen molar-refractivity contribution >= 4 is 5.78 Å². The minimum Gasteiger partial charge on any atom is -0.294 e. The Morgan fingerprint density at radius 2 is 2.07 bits per heavy atom. The number of hydrogen-bond acceptors (Lipinski definition) is 2. The fourth-order valence-electron chi connectivity index (χ4n) is 2.40. The van der Waals surface area contributed by atoms with Gasteiger partial charge in [0.1, 0.15) is 0 Å². The van der Waals surface area contributed by atoms with Crippen molar-refractivity contribution in [3.05, 3.63) is 30.1 Å². The summed E-state index contributed by atoms with van der Waals surface area (Å²) < 4.78 is 0. The standard InChI is InChI=1S/C13H17NO/c1-13(7-3-2-4-8-13)12(15)11-6-5-9-14-10-11/h5-6,9-10H,2-4,7-8H2,1H3. The summed E-state index contributed by atoms with van der Waals surface area (Å²) in [5.41, 5.74) is 0.628. The molecule has 1 aromatic rings. The molecule has 1 aliphatic rings. The van der Waals surface area contributed by atoms with Gasteiger partial charge in [-0.3, -0.25) is 9.78 Å². The van der Waals surface area contributed by atoms with Crippen molar-refractivity contribution in [2.45, 2.75) is 39.0 Å². The first-order chi connectivity index (χ1) is 7.22. The molecule has 0 aromatic carbocycles. The number of aromatic nitrogens is 1. The third kappa shape index (κ3) is 2.09. The van der Waals surface area contributed by atoms with Gasteiger partial charge >= 0.3 is 0 Å². The maximum absolute atomic E-state index is 12.3. The Labute approximate surface area is 90.7 Å². The summed E-state index contributed by atoms with van der Waals surface area (Å²) in [6.45, 7) is 2.10. The zero-order valence-corrected chi connectivity index (χ0v) is 9.20. The summed E-state index contributed by atoms with van der Waals surface area (Å²) in [5, 5.41) is 0. The van der Waals surface area contributed by atoms with Crippen LogP contribution in [0.2, 0.25) is 0 Å². The molecule has 0 bridgehead atoms. The number of rotatable bonds is 2. The van der Waals surface area contributed by atoms with Crippen LogP contribution < -0.4 is 0 Å². The van der Waals surface area contributed by atoms with Crippen molar-refractivity contribution in [1.82, 2.24) is 4.98 Å². The van der Waals surface area contributed by atoms with Crippen LogP contribution in [0, 0.1) is 5.41 Å². The van der Waals surface area contributed by atoms with E-state index in [2.05, 4.69) is 11.9 Å². The van der Waals surface area contributed by atoms with Gasteiger partial charge in [-0.25, -0.2) is 0 Å². The van der Waals surface area contributed by atoms with Gasteiger partial charge in [-0.05, 0) is 25.0 Å². The van der Waals surface area contributed by atoms with Crippen molar-refractivity contribution < 1.29 is 4.79 Å². The first-order valence-corrected chi connectivity index (χ1v) is 5.67. The molecular formula is C13H17NO. The summed E-state index contributed by atoms with van der Waals surface area (Å²) in [6.07, 6.45) is 9.09. The van der Waals surface area contributed by atoms with Gasteiger partial charge in [-0.15, -0.1) is 0 Å². The Morgan fingerprint density at radius 1 is 1.33 bits per heavy atom. The van der Waals surface area contributed by atoms with Gasteiger partial charge in [0.2, 0.25) is 0 Å². The molecule has 15 heavy (non-hydrogen) atoms. The van der Waals surface area contributed by atoms with E-state index in [-0.39, 0.29) is 11.2 Å². The predicted octanol–water partition coefficient (Wildman–Crippen LogP) is 3.23. The lowest BCUT2D eigenvalue weighted by Gasteiger charge is -2.31. The van der Waals surface area contributed by atoms with E-state index in [4.69, 9.17) is 0 Å². The average molecular weight is 203 g/mol. The maximum Gasteiger partial charge on any atom is 0.170 e. The summed E-state index contributed by atoms with van der Waals surface area (Å²) in [5.74, 6) is 0.273. The summed E-state index contributed by atoms with van der Waals surface area (Å²) in [6, 6.07) is 3.70. The topological polar surface area (TPSA) is 30.0 Å². The van der Waals surface area contributed by atoms with Gasteiger partial charge in [0.25, 0.3) is 0 Å². The average Bonchev–Trinajstić information content (AvgIpc) is 2.30. The molecule has 1 heterocycles. The second kappa shape index (κ2) is 4.13. The monoisotopic (exact) mass is 203 g/mol. The van der Waals surface area contributed by atoms with Crippen molar-refractivity contribution in [2.75, 3.05) is 0 Å². The van der Waals surface area contributed by atoms with Crippen molar-refractivity contribution in [2.24, 2.45) is 5.41 Å². The fourth-order valence-corrected chi connectivity index (χ4v) is 2.40. The van der Waals surface area contributed by atoms with E-state index < -0.39 is 0 Å². The maximum atomic E-state index is 12.3. The van der Waals surface area contributed by atoms with Gasteiger partial charge < -0.3 is 0 Å². The predicted molar refractivity (Wildman–Crippen MR) is 59.8 cm³/mol. The third-order valence-electron chi connectivity index (χ3n) is 3.43. The van der Waals surface area contributed by atoms with Crippen molar-refractivity contribution in [1.29, 1.82) is 0 Å². The van der Waals surface area contributed by atoms with Gasteiger partial charge in [0, 0.05) is 23.4 Å². The molecule has 0 saturated heterocycles. The minimum atomic E-state index is -0.138. The highest BCUT2D eigenvalue weighted by Gasteiger charge is 2.34. The van der Waals surface area contributed by atoms with E-state index in [0.29, 0.717) is 0 Å². The second-order valence-corrected chi connectivity index (χ2v) is 4.69. The first-order valence-electron chi connectivity index (χ1n) is 5.67. The zero-order chi connectivity index (χ0) is 10.7. The Bertz CT molecular complexity index is 339. The van der Waals surface area contributed by atoms with Crippen LogP contribution in [-0.4, -0.2) is 10.8 Å². The summed E-state index contributed by atoms with van der Waals surface area (Å²) in [7, 11) is 0. The van der Waals surface area contributed by atoms with E-state index in [1.165, 1.54) is 19.3 Å². The zero-order valence-electron chi connectivity index (χ0n) is 9.20. The number of pyridine rings is 1. The molecule has 0 unspecified atom stereocenters. The lowest BCUT2D eigenvalue weighted by atomic mass is 9.71. The molecule has 0 N–H and O–H groups in total. The molecule has 2 heteroatoms. The largest absolute Gasteiger partial charge is 0.294 e. The van der Waals surface area contributed by atoms with Crippen LogP contribution in [0.4, 0.5) is 0 Å². The highest BCUT2D eigenvalue weighted by atomic mass is 16.1. The molecule has 2 nitrogen and oxygen atoms in total. The van der Waals surface area contributed by atoms with E-state index in [9.17, 15) is 4.79 Å². The minimum absolute atomic E-state index is 0.138. The highest BCUT2D eigenvalue weighted by molar-refractivity contribution is 6.00. The van der Waals surface area contributed by atoms with E-state index in [1.807, 2.05) is 12.1 Å². The third-order valence-corrected chi connectivity index (χ3v) is 3.43. The molecule has 0 amide bonds. The number of ketones is 1. The van der Waals surface area contributed by atoms with Crippen LogP contribution in [0.3, 0.4) is 0 Å². The lowest BCUT2D eigenvalue weighted by Crippen LogP contribution is -2.30. The molecule has 0 spiro atoms. The van der Waals surface area contributed by atoms with E-state index >= 15 is 0 Å². The van der Waals surface area contributed by atoms with E-state index in [0.717, 1.165) is 18.4 Å². The van der Waals surface area contributed by atoms with Crippen LogP contribution in [-0.2, 0) is 0 Å². The van der Waals surface area contributed by atoms with Crippen LogP contribution in [0.5, 0.6) is 0 Å². The first kappa shape index (κ1) is 10.3. The summed E-state index contributed by atoms with van der Waals surface area (Å²) >= 11 is 0. The van der Waals surface area contributed by atoms with Gasteiger partial charge in [-0.2, -0.15) is 0 Å². The summed E-state index contributed by atoms with van der Waals surface area (Å²) in [4.78, 5) is 16.3. The Morgan fingerprint density at radius 3 is 2.67 bits per heavy atom. The van der Waals surface area contributed by atoms with E-state index in [1.54, 1.807) is 12.4 Å². The van der Waals surface area contributed by atoms with Crippen LogP contribution >= 0.6 is 0 Å². The molecule has 0 aliphatic heterocycles. The van der Waals surface area contributed by atoms with Gasteiger partial charge in [0.05, 0.1) is 0 Å². The number of carbonyl (C=O) groups is 1. The second-order valence-electron chi connectivity index (χ2n) is 4.69. The number of nitrogens with zero attached hydrogens (tertiary/aromatic N) is 1. The quantitative estimate of drug-likeness (QED) is 0.691. The highest BCUT2D eigenvalue weighted by Crippen LogP contribution is 2.38. The van der Waals surface area contributed by atoms with Crippen LogP contribution in [0.15, 0.2) is 24.5 Å². The normalized spacial score (nSPS) is 19.8. The molecule has 1 aliphatic carbocycles. The van der Waals surface area contributed by atoms with Crippen LogP contribution in [0.1, 0.15) is 49.4 Å².